The van der Waals surface area contributed by atoms with Gasteiger partial charge in [-0.05, 0) is 11.5 Å². The number of nitrogens with two attached hydrogens (primary N) is 1. The molecule has 0 aliphatic heterocycles. The molecule has 0 aliphatic carbocycles. The molecule has 0 fully saturated rings. The van der Waals surface area contributed by atoms with Crippen LogP contribution >= 0.6 is 0 Å². The van der Waals surface area contributed by atoms with E-state index < -0.39 is 0 Å². The van der Waals surface area contributed by atoms with Crippen LogP contribution in [0.1, 0.15) is 26.3 Å². The third-order valence-corrected chi connectivity index (χ3v) is 1.85. The standard InChI is InChI=1S/C12H19NO/c1-12(2,3)9-14-11-7-5-4-6-10(11)8-13/h4-7H,8-9,13H2,1-3H3. The molecule has 0 bridgehead atoms. The molecule has 1 aromatic carbocycles. The summed E-state index contributed by atoms with van der Waals surface area (Å²) in [7, 11) is 0. The zero-order valence-corrected chi connectivity index (χ0v) is 9.21. The van der Waals surface area contributed by atoms with Crippen LogP contribution in [0.5, 0.6) is 5.75 Å². The van der Waals surface area contributed by atoms with Crippen LogP contribution in [0.2, 0.25) is 0 Å². The Balaban J connectivity index is 2.67. The number of benzene rings is 1. The summed E-state index contributed by atoms with van der Waals surface area (Å²) in [6.07, 6.45) is 0. The minimum absolute atomic E-state index is 0.182. The van der Waals surface area contributed by atoms with E-state index in [2.05, 4.69) is 20.8 Å². The Morgan fingerprint density at radius 1 is 1.21 bits per heavy atom. The van der Waals surface area contributed by atoms with Crippen LogP contribution in [0.25, 0.3) is 0 Å². The van der Waals surface area contributed by atoms with E-state index in [9.17, 15) is 0 Å². The van der Waals surface area contributed by atoms with Crippen molar-refractivity contribution in [1.82, 2.24) is 0 Å². The molecule has 2 nitrogen and oxygen atoms in total. The van der Waals surface area contributed by atoms with Crippen LogP contribution in [0.15, 0.2) is 24.3 Å². The first-order chi connectivity index (χ1) is 6.53. The molecule has 0 heterocycles. The molecule has 78 valence electrons. The van der Waals surface area contributed by atoms with Gasteiger partial charge in [0.25, 0.3) is 0 Å². The first kappa shape index (κ1) is 11.1. The van der Waals surface area contributed by atoms with Crippen molar-refractivity contribution in [2.45, 2.75) is 27.3 Å². The van der Waals surface area contributed by atoms with Gasteiger partial charge >= 0.3 is 0 Å². The molecule has 2 N–H and O–H groups in total. The van der Waals surface area contributed by atoms with Crippen LogP contribution in [0, 0.1) is 5.41 Å². The molecule has 0 atom stereocenters. The number of rotatable bonds is 3. The highest BCUT2D eigenvalue weighted by Gasteiger charge is 2.11. The van der Waals surface area contributed by atoms with E-state index in [0.717, 1.165) is 11.3 Å². The molecule has 0 aliphatic rings. The highest BCUT2D eigenvalue weighted by molar-refractivity contribution is 5.32. The van der Waals surface area contributed by atoms with E-state index in [4.69, 9.17) is 10.5 Å². The zero-order chi connectivity index (χ0) is 10.6. The molecule has 0 spiro atoms. The predicted molar refractivity (Wildman–Crippen MR) is 59.3 cm³/mol. The Morgan fingerprint density at radius 3 is 2.43 bits per heavy atom. The third-order valence-electron chi connectivity index (χ3n) is 1.85. The fourth-order valence-corrected chi connectivity index (χ4v) is 1.11. The average Bonchev–Trinajstić information content (AvgIpc) is 2.14. The lowest BCUT2D eigenvalue weighted by Crippen LogP contribution is -2.17. The van der Waals surface area contributed by atoms with Crippen LogP contribution in [0.3, 0.4) is 0 Å². The van der Waals surface area contributed by atoms with Gasteiger partial charge in [-0.2, -0.15) is 0 Å². The van der Waals surface area contributed by atoms with Crippen molar-refractivity contribution in [3.63, 3.8) is 0 Å². The molecule has 0 unspecified atom stereocenters. The zero-order valence-electron chi connectivity index (χ0n) is 9.21. The van der Waals surface area contributed by atoms with Gasteiger partial charge in [0.05, 0.1) is 6.61 Å². The molecule has 2 heteroatoms. The maximum absolute atomic E-state index is 5.71. The van der Waals surface area contributed by atoms with Gasteiger partial charge in [0.2, 0.25) is 0 Å². The smallest absolute Gasteiger partial charge is 0.123 e. The van der Waals surface area contributed by atoms with E-state index in [1.807, 2.05) is 24.3 Å². The van der Waals surface area contributed by atoms with E-state index in [1.54, 1.807) is 0 Å². The van der Waals surface area contributed by atoms with Crippen LogP contribution in [0.4, 0.5) is 0 Å². The molecule has 0 amide bonds. The lowest BCUT2D eigenvalue weighted by molar-refractivity contribution is 0.196. The van der Waals surface area contributed by atoms with Crippen molar-refractivity contribution in [2.24, 2.45) is 11.1 Å². The van der Waals surface area contributed by atoms with Gasteiger partial charge in [0.1, 0.15) is 5.75 Å². The van der Waals surface area contributed by atoms with Crippen molar-refractivity contribution in [1.29, 1.82) is 0 Å². The largest absolute Gasteiger partial charge is 0.493 e. The van der Waals surface area contributed by atoms with Gasteiger partial charge in [-0.1, -0.05) is 39.0 Å². The topological polar surface area (TPSA) is 35.2 Å². The lowest BCUT2D eigenvalue weighted by atomic mass is 9.98. The van der Waals surface area contributed by atoms with E-state index >= 15 is 0 Å². The minimum Gasteiger partial charge on any atom is -0.493 e. The fourth-order valence-electron chi connectivity index (χ4n) is 1.11. The van der Waals surface area contributed by atoms with E-state index in [1.165, 1.54) is 0 Å². The van der Waals surface area contributed by atoms with Gasteiger partial charge in [0, 0.05) is 12.1 Å². The van der Waals surface area contributed by atoms with Crippen molar-refractivity contribution >= 4 is 0 Å². The average molecular weight is 193 g/mol. The van der Waals surface area contributed by atoms with Gasteiger partial charge in [-0.3, -0.25) is 0 Å². The summed E-state index contributed by atoms with van der Waals surface area (Å²) in [6, 6.07) is 7.91. The van der Waals surface area contributed by atoms with Crippen molar-refractivity contribution in [2.75, 3.05) is 6.61 Å². The highest BCUT2D eigenvalue weighted by Crippen LogP contribution is 2.21. The monoisotopic (exact) mass is 193 g/mol. The quantitative estimate of drug-likeness (QED) is 0.800. The first-order valence-corrected chi connectivity index (χ1v) is 4.94. The molecule has 0 aromatic heterocycles. The molecule has 14 heavy (non-hydrogen) atoms. The third kappa shape index (κ3) is 3.38. The van der Waals surface area contributed by atoms with Crippen LogP contribution in [-0.2, 0) is 6.54 Å². The summed E-state index contributed by atoms with van der Waals surface area (Å²) in [5.41, 5.74) is 6.86. The van der Waals surface area contributed by atoms with E-state index in [0.29, 0.717) is 13.2 Å². The van der Waals surface area contributed by atoms with Crippen LogP contribution in [-0.4, -0.2) is 6.61 Å². The number of hydrogen-bond donors (Lipinski definition) is 1. The SMILES string of the molecule is CC(C)(C)COc1ccccc1CN. The Kier molecular flexibility index (Phi) is 3.53. The molecule has 0 saturated heterocycles. The minimum atomic E-state index is 0.182. The number of ether oxygens (including phenoxy) is 1. The summed E-state index contributed by atoms with van der Waals surface area (Å²) in [4.78, 5) is 0. The van der Waals surface area contributed by atoms with Crippen LogP contribution < -0.4 is 10.5 Å². The summed E-state index contributed by atoms with van der Waals surface area (Å²) in [5, 5.41) is 0. The first-order valence-electron chi connectivity index (χ1n) is 4.94. The van der Waals surface area contributed by atoms with Gasteiger partial charge < -0.3 is 10.5 Å². The molecular weight excluding hydrogens is 174 g/mol. The molecule has 1 aromatic rings. The normalized spacial score (nSPS) is 11.4. The van der Waals surface area contributed by atoms with Crippen molar-refractivity contribution < 1.29 is 4.74 Å². The van der Waals surface area contributed by atoms with Crippen molar-refractivity contribution in [3.8, 4) is 5.75 Å². The van der Waals surface area contributed by atoms with Gasteiger partial charge in [0.15, 0.2) is 0 Å². The molecular formula is C12H19NO. The Bertz CT molecular complexity index is 289. The summed E-state index contributed by atoms with van der Waals surface area (Å²) in [6.45, 7) is 7.69. The number of para-hydroxylation sites is 1. The second-order valence-electron chi connectivity index (χ2n) is 4.66. The molecule has 0 saturated carbocycles. The number of hydrogen-bond acceptors (Lipinski definition) is 2. The van der Waals surface area contributed by atoms with Gasteiger partial charge in [-0.15, -0.1) is 0 Å². The van der Waals surface area contributed by atoms with E-state index in [-0.39, 0.29) is 5.41 Å². The Labute approximate surface area is 86.1 Å². The maximum Gasteiger partial charge on any atom is 0.123 e. The summed E-state index contributed by atoms with van der Waals surface area (Å²) >= 11 is 0. The summed E-state index contributed by atoms with van der Waals surface area (Å²) < 4.78 is 5.71. The maximum atomic E-state index is 5.71. The molecule has 0 radical (unpaired) electrons. The van der Waals surface area contributed by atoms with Crippen molar-refractivity contribution in [3.05, 3.63) is 29.8 Å². The second-order valence-corrected chi connectivity index (χ2v) is 4.66. The fraction of sp³-hybridized carbons (Fsp3) is 0.500. The Hall–Kier alpha value is -1.02. The highest BCUT2D eigenvalue weighted by atomic mass is 16.5. The lowest BCUT2D eigenvalue weighted by Gasteiger charge is -2.20. The predicted octanol–water partition coefficient (Wildman–Crippen LogP) is 2.57. The second kappa shape index (κ2) is 4.47. The van der Waals surface area contributed by atoms with Gasteiger partial charge in [-0.25, -0.2) is 0 Å². The molecule has 1 rings (SSSR count). The Morgan fingerprint density at radius 2 is 1.86 bits per heavy atom. The summed E-state index contributed by atoms with van der Waals surface area (Å²) in [5.74, 6) is 0.907.